The minimum Gasteiger partial charge on any atom is -0.489 e. The van der Waals surface area contributed by atoms with Crippen LogP contribution in [0.2, 0.25) is 5.02 Å². The Labute approximate surface area is 143 Å². The van der Waals surface area contributed by atoms with E-state index < -0.39 is 0 Å². The van der Waals surface area contributed by atoms with Crippen LogP contribution in [0.25, 0.3) is 6.08 Å². The van der Waals surface area contributed by atoms with E-state index in [1.165, 1.54) is 11.8 Å². The molecule has 0 aliphatic carbocycles. The molecular formula is C17H13ClN2O2S. The van der Waals surface area contributed by atoms with Gasteiger partial charge in [-0.05, 0) is 41.6 Å². The van der Waals surface area contributed by atoms with Crippen molar-refractivity contribution in [3.05, 3.63) is 69.6 Å². The minimum absolute atomic E-state index is 0.279. The number of rotatable bonds is 4. The zero-order valence-electron chi connectivity index (χ0n) is 12.0. The highest BCUT2D eigenvalue weighted by atomic mass is 35.5. The van der Waals surface area contributed by atoms with Gasteiger partial charge in [0, 0.05) is 10.6 Å². The van der Waals surface area contributed by atoms with Crippen molar-refractivity contribution in [3.8, 4) is 5.75 Å². The van der Waals surface area contributed by atoms with E-state index >= 15 is 0 Å². The fourth-order valence-corrected chi connectivity index (χ4v) is 2.89. The van der Waals surface area contributed by atoms with Crippen LogP contribution in [0.15, 0.2) is 58.4 Å². The molecule has 1 heterocycles. The summed E-state index contributed by atoms with van der Waals surface area (Å²) >= 11 is 7.27. The number of carbonyl (C=O) groups is 1. The van der Waals surface area contributed by atoms with Crippen molar-refractivity contribution in [2.75, 3.05) is 0 Å². The molecule has 0 atom stereocenters. The summed E-state index contributed by atoms with van der Waals surface area (Å²) in [4.78, 5) is 15.7. The van der Waals surface area contributed by atoms with Crippen molar-refractivity contribution in [1.29, 1.82) is 0 Å². The molecule has 6 heteroatoms. The summed E-state index contributed by atoms with van der Waals surface area (Å²) in [6, 6.07) is 15.0. The van der Waals surface area contributed by atoms with Gasteiger partial charge in [-0.25, -0.2) is 0 Å². The van der Waals surface area contributed by atoms with Gasteiger partial charge < -0.3 is 10.5 Å². The van der Waals surface area contributed by atoms with Crippen LogP contribution in [0.5, 0.6) is 5.75 Å². The molecule has 3 rings (SSSR count). The maximum Gasteiger partial charge on any atom is 0.286 e. The maximum absolute atomic E-state index is 11.6. The first kappa shape index (κ1) is 15.6. The van der Waals surface area contributed by atoms with Crippen molar-refractivity contribution in [1.82, 2.24) is 0 Å². The zero-order valence-corrected chi connectivity index (χ0v) is 13.6. The second-order valence-corrected chi connectivity index (χ2v) is 6.28. The Morgan fingerprint density at radius 3 is 2.57 bits per heavy atom. The number of amidine groups is 1. The molecule has 4 nitrogen and oxygen atoms in total. The zero-order chi connectivity index (χ0) is 16.2. The number of amides is 1. The van der Waals surface area contributed by atoms with Gasteiger partial charge in [-0.3, -0.25) is 4.79 Å². The molecular weight excluding hydrogens is 332 g/mol. The second kappa shape index (κ2) is 6.89. The fourth-order valence-electron chi connectivity index (χ4n) is 2.01. The Morgan fingerprint density at radius 1 is 1.17 bits per heavy atom. The molecule has 2 N–H and O–H groups in total. The first-order valence-corrected chi connectivity index (χ1v) is 8.05. The highest BCUT2D eigenvalue weighted by molar-refractivity contribution is 8.18. The average molecular weight is 345 g/mol. The monoisotopic (exact) mass is 344 g/mol. The van der Waals surface area contributed by atoms with E-state index in [-0.39, 0.29) is 11.1 Å². The van der Waals surface area contributed by atoms with Crippen LogP contribution in [0.4, 0.5) is 0 Å². The number of thioether (sulfide) groups is 1. The van der Waals surface area contributed by atoms with Gasteiger partial charge in [-0.2, -0.15) is 4.99 Å². The highest BCUT2D eigenvalue weighted by Crippen LogP contribution is 2.27. The van der Waals surface area contributed by atoms with Crippen molar-refractivity contribution < 1.29 is 9.53 Å². The van der Waals surface area contributed by atoms with E-state index in [0.717, 1.165) is 16.9 Å². The predicted octanol–water partition coefficient (Wildman–Crippen LogP) is 3.85. The minimum atomic E-state index is -0.299. The van der Waals surface area contributed by atoms with Gasteiger partial charge in [0.2, 0.25) is 0 Å². The van der Waals surface area contributed by atoms with Crippen molar-refractivity contribution >= 4 is 40.5 Å². The third-order valence-corrected chi connectivity index (χ3v) is 4.35. The van der Waals surface area contributed by atoms with E-state index in [9.17, 15) is 4.79 Å². The molecule has 0 saturated carbocycles. The highest BCUT2D eigenvalue weighted by Gasteiger charge is 2.19. The van der Waals surface area contributed by atoms with Crippen LogP contribution < -0.4 is 10.5 Å². The van der Waals surface area contributed by atoms with Gasteiger partial charge in [0.15, 0.2) is 5.17 Å². The van der Waals surface area contributed by atoms with Crippen LogP contribution in [0.3, 0.4) is 0 Å². The summed E-state index contributed by atoms with van der Waals surface area (Å²) < 4.78 is 5.72. The summed E-state index contributed by atoms with van der Waals surface area (Å²) in [5.74, 6) is 0.430. The molecule has 0 fully saturated rings. The maximum atomic E-state index is 11.6. The van der Waals surface area contributed by atoms with Crippen LogP contribution in [-0.4, -0.2) is 11.1 Å². The number of hydrogen-bond acceptors (Lipinski definition) is 4. The van der Waals surface area contributed by atoms with Crippen LogP contribution in [0.1, 0.15) is 11.1 Å². The Bertz CT molecular complexity index is 800. The van der Waals surface area contributed by atoms with E-state index in [0.29, 0.717) is 16.5 Å². The average Bonchev–Trinajstić information content (AvgIpc) is 2.85. The number of nitrogens with zero attached hydrogens (tertiary/aromatic N) is 1. The standard InChI is InChI=1S/C17H13ClN2O2S/c18-14-4-2-1-3-12(14)10-22-13-7-5-11(6-8-13)9-15-16(21)20-17(19)23-15/h1-9H,10H2,(H2,19,20,21)/b15-9-. The summed E-state index contributed by atoms with van der Waals surface area (Å²) in [5.41, 5.74) is 7.34. The van der Waals surface area contributed by atoms with E-state index in [4.69, 9.17) is 22.1 Å². The summed E-state index contributed by atoms with van der Waals surface area (Å²) in [5, 5.41) is 0.962. The van der Waals surface area contributed by atoms with Gasteiger partial charge in [0.25, 0.3) is 5.91 Å². The lowest BCUT2D eigenvalue weighted by atomic mass is 10.2. The quantitative estimate of drug-likeness (QED) is 0.856. The number of aliphatic imine (C=N–C) groups is 1. The Balaban J connectivity index is 1.65. The van der Waals surface area contributed by atoms with Crippen LogP contribution >= 0.6 is 23.4 Å². The molecule has 1 amide bonds. The lowest BCUT2D eigenvalue weighted by Gasteiger charge is -2.08. The normalized spacial score (nSPS) is 15.8. The summed E-state index contributed by atoms with van der Waals surface area (Å²) in [6.45, 7) is 0.402. The molecule has 1 aliphatic rings. The van der Waals surface area contributed by atoms with Gasteiger partial charge >= 0.3 is 0 Å². The molecule has 0 unspecified atom stereocenters. The summed E-state index contributed by atoms with van der Waals surface area (Å²) in [7, 11) is 0. The van der Waals surface area contributed by atoms with E-state index in [2.05, 4.69) is 4.99 Å². The Hall–Kier alpha value is -2.24. The van der Waals surface area contributed by atoms with Crippen LogP contribution in [0, 0.1) is 0 Å². The number of ether oxygens (including phenoxy) is 1. The first-order valence-electron chi connectivity index (χ1n) is 6.86. The number of halogens is 1. The lowest BCUT2D eigenvalue weighted by Crippen LogP contribution is -2.01. The van der Waals surface area contributed by atoms with Gasteiger partial charge in [0.05, 0.1) is 4.91 Å². The molecule has 1 aliphatic heterocycles. The molecule has 0 radical (unpaired) electrons. The second-order valence-electron chi connectivity index (χ2n) is 4.81. The van der Waals surface area contributed by atoms with Crippen molar-refractivity contribution in [2.45, 2.75) is 6.61 Å². The predicted molar refractivity (Wildman–Crippen MR) is 94.4 cm³/mol. The smallest absolute Gasteiger partial charge is 0.286 e. The number of benzene rings is 2. The Kier molecular flexibility index (Phi) is 4.69. The molecule has 0 saturated heterocycles. The third-order valence-electron chi connectivity index (χ3n) is 3.17. The number of hydrogen-bond donors (Lipinski definition) is 1. The molecule has 0 spiro atoms. The first-order chi connectivity index (χ1) is 11.1. The van der Waals surface area contributed by atoms with Gasteiger partial charge in [0.1, 0.15) is 12.4 Å². The van der Waals surface area contributed by atoms with Gasteiger partial charge in [-0.1, -0.05) is 41.9 Å². The van der Waals surface area contributed by atoms with Crippen LogP contribution in [-0.2, 0) is 11.4 Å². The molecule has 0 bridgehead atoms. The van der Waals surface area contributed by atoms with E-state index in [1.54, 1.807) is 6.08 Å². The summed E-state index contributed by atoms with van der Waals surface area (Å²) in [6.07, 6.45) is 1.76. The van der Waals surface area contributed by atoms with E-state index in [1.807, 2.05) is 48.5 Å². The lowest BCUT2D eigenvalue weighted by molar-refractivity contribution is -0.113. The molecule has 2 aromatic carbocycles. The molecule has 0 aromatic heterocycles. The van der Waals surface area contributed by atoms with Crippen molar-refractivity contribution in [3.63, 3.8) is 0 Å². The number of nitrogens with two attached hydrogens (primary N) is 1. The number of carbonyl (C=O) groups excluding carboxylic acids is 1. The van der Waals surface area contributed by atoms with Crippen molar-refractivity contribution in [2.24, 2.45) is 10.7 Å². The molecule has 2 aromatic rings. The largest absolute Gasteiger partial charge is 0.489 e. The third kappa shape index (κ3) is 3.94. The Morgan fingerprint density at radius 2 is 1.91 bits per heavy atom. The fraction of sp³-hybridized carbons (Fsp3) is 0.0588. The van der Waals surface area contributed by atoms with Gasteiger partial charge in [-0.15, -0.1) is 0 Å². The topological polar surface area (TPSA) is 64.7 Å². The molecule has 116 valence electrons. The SMILES string of the molecule is NC1=NC(=O)/C(=C/c2ccc(OCc3ccccc3Cl)cc2)S1. The molecule has 23 heavy (non-hydrogen) atoms.